The Morgan fingerprint density at radius 3 is 0.706 bits per heavy atom. The van der Waals surface area contributed by atoms with Crippen molar-refractivity contribution in [2.45, 2.75) is 27.7 Å². The second-order valence-corrected chi connectivity index (χ2v) is 35.1. The fraction of sp³-hybridized carbons (Fsp3) is 0.0625. The summed E-state index contributed by atoms with van der Waals surface area (Å²) in [6, 6.07) is 171. The second-order valence-electron chi connectivity index (χ2n) is 35.1. The number of hydrogen-bond donors (Lipinski definition) is 0. The van der Waals surface area contributed by atoms with Gasteiger partial charge in [-0.2, -0.15) is 0 Å². The fourth-order valence-corrected chi connectivity index (χ4v) is 20.4. The van der Waals surface area contributed by atoms with Crippen LogP contribution in [0, 0.1) is 27.7 Å². The maximum absolute atomic E-state index is 2.36. The summed E-state index contributed by atoms with van der Waals surface area (Å²) in [6.45, 7) is 8.66. The van der Waals surface area contributed by atoms with E-state index in [9.17, 15) is 0 Å². The first-order valence-electron chi connectivity index (χ1n) is 46.8. The third-order valence-electron chi connectivity index (χ3n) is 26.8. The van der Waals surface area contributed by atoms with Crippen molar-refractivity contribution in [3.8, 4) is 22.7 Å². The van der Waals surface area contributed by atoms with E-state index in [2.05, 4.69) is 578 Å². The molecule has 0 radical (unpaired) electrons. The standard InChI is InChI=1S/4C19H15N.4C13H11N/c1-14-8-7-12-17-16-11-5-6-13-18(16)20(19(14)17)15-9-3-2-4-10-15;1-14-8-7-13-18-19(14)16-11-5-6-12-17(16)20(18)15-9-3-2-4-10-15;1-14-11-12-19-17(13-14)16-9-5-6-10-18(16)20(19)15-7-3-2-4-8-15;1-14-11-12-17-16-9-5-6-10-18(16)20(19(17)13-14)15-7-3-2-4-8-15;4*1-14-12-8-4-2-6-10(12)11-7-3-5-9-13(11)14/h4*2-13H,1H3;4*2-9H,1H3. The summed E-state index contributed by atoms with van der Waals surface area (Å²) in [7, 11) is 8.46. The summed E-state index contributed by atoms with van der Waals surface area (Å²) in [4.78, 5) is 0. The van der Waals surface area contributed by atoms with Crippen LogP contribution in [-0.4, -0.2) is 36.5 Å². The van der Waals surface area contributed by atoms with E-state index < -0.39 is 0 Å². The van der Waals surface area contributed by atoms with Gasteiger partial charge in [0.1, 0.15) is 0 Å². The molecular weight excluding hydrogens is 1650 g/mol. The Morgan fingerprint density at radius 2 is 0.346 bits per heavy atom. The van der Waals surface area contributed by atoms with Gasteiger partial charge in [-0.25, -0.2) is 0 Å². The average Bonchev–Trinajstić information content (AvgIpc) is 1.55. The quantitative estimate of drug-likeness (QED) is 0.168. The number of benzene rings is 20. The summed E-state index contributed by atoms with van der Waals surface area (Å²) in [5.41, 5.74) is 30.7. The molecular formula is C128H104N8. The molecule has 0 fully saturated rings. The minimum absolute atomic E-state index is 1.21. The van der Waals surface area contributed by atoms with Crippen LogP contribution in [0.25, 0.3) is 197 Å². The molecule has 0 N–H and O–H groups in total. The lowest BCUT2D eigenvalue weighted by molar-refractivity contribution is 1.01. The lowest BCUT2D eigenvalue weighted by Gasteiger charge is -2.08. The molecule has 28 aromatic rings. The third-order valence-corrected chi connectivity index (χ3v) is 26.8. The third kappa shape index (κ3) is 16.0. The normalized spacial score (nSPS) is 11.2. The number of aryl methyl sites for hydroxylation is 8. The highest BCUT2D eigenvalue weighted by molar-refractivity contribution is 6.16. The molecule has 8 heterocycles. The van der Waals surface area contributed by atoms with E-state index in [1.165, 1.54) is 219 Å². The highest BCUT2D eigenvalue weighted by Crippen LogP contribution is 2.40. The molecule has 8 aromatic heterocycles. The predicted molar refractivity (Wildman–Crippen MR) is 584 cm³/mol. The zero-order valence-electron chi connectivity index (χ0n) is 77.8. The van der Waals surface area contributed by atoms with Gasteiger partial charge in [-0.1, -0.05) is 345 Å². The van der Waals surface area contributed by atoms with E-state index in [0.29, 0.717) is 0 Å². The molecule has 0 aliphatic rings. The predicted octanol–water partition coefficient (Wildman–Crippen LogP) is 33.7. The molecule has 0 atom stereocenters. The number of nitrogens with zero attached hydrogens (tertiary/aromatic N) is 8. The van der Waals surface area contributed by atoms with Crippen LogP contribution in [0.2, 0.25) is 0 Å². The highest BCUT2D eigenvalue weighted by Gasteiger charge is 2.19. The van der Waals surface area contributed by atoms with Crippen molar-refractivity contribution in [2.75, 3.05) is 0 Å². The lowest BCUT2D eigenvalue weighted by Crippen LogP contribution is -1.94. The average molecular weight is 1750 g/mol. The van der Waals surface area contributed by atoms with Gasteiger partial charge in [-0.15, -0.1) is 0 Å². The van der Waals surface area contributed by atoms with E-state index in [1.807, 2.05) is 0 Å². The molecule has 136 heavy (non-hydrogen) atoms. The number of rotatable bonds is 4. The van der Waals surface area contributed by atoms with E-state index >= 15 is 0 Å². The topological polar surface area (TPSA) is 39.4 Å². The van der Waals surface area contributed by atoms with Gasteiger partial charge in [0.15, 0.2) is 0 Å². The minimum Gasteiger partial charge on any atom is -0.344 e. The van der Waals surface area contributed by atoms with Crippen molar-refractivity contribution in [1.29, 1.82) is 0 Å². The molecule has 0 aliphatic carbocycles. The summed E-state index contributed by atoms with van der Waals surface area (Å²) in [5, 5.41) is 21.3. The number of hydrogen-bond acceptors (Lipinski definition) is 0. The second kappa shape index (κ2) is 37.6. The summed E-state index contributed by atoms with van der Waals surface area (Å²) < 4.78 is 18.4. The molecule has 0 spiro atoms. The SMILES string of the molecule is Cc1ccc2c(c1)c1ccccc1n2-c1ccccc1.Cc1ccc2c3ccccc3n(-c3ccccc3)c2c1.Cc1cccc2c1c1ccccc1n2-c1ccccc1.Cc1cccc2c3ccccc3n(-c3ccccc3)c12.Cn1c2ccccc2c2ccccc21.Cn1c2ccccc2c2ccccc21.Cn1c2ccccc2c2ccccc21.Cn1c2ccccc2c2ccccc21. The first-order chi connectivity index (χ1) is 66.9. The van der Waals surface area contributed by atoms with Crippen molar-refractivity contribution in [2.24, 2.45) is 28.2 Å². The Hall–Kier alpha value is -17.2. The molecule has 0 saturated carbocycles. The molecule has 0 unspecified atom stereocenters. The van der Waals surface area contributed by atoms with Gasteiger partial charge in [-0.05, 0) is 190 Å². The smallest absolute Gasteiger partial charge is 0.0570 e. The van der Waals surface area contributed by atoms with Gasteiger partial charge >= 0.3 is 0 Å². The number of para-hydroxylation sites is 17. The molecule has 656 valence electrons. The zero-order chi connectivity index (χ0) is 92.3. The molecule has 0 amide bonds. The maximum Gasteiger partial charge on any atom is 0.0570 e. The summed E-state index contributed by atoms with van der Waals surface area (Å²) in [6.07, 6.45) is 0. The molecule has 20 aromatic carbocycles. The van der Waals surface area contributed by atoms with Crippen molar-refractivity contribution in [3.05, 3.63) is 508 Å². The lowest BCUT2D eigenvalue weighted by atomic mass is 10.1. The summed E-state index contributed by atoms with van der Waals surface area (Å²) >= 11 is 0. The van der Waals surface area contributed by atoms with Gasteiger partial charge in [0, 0.05) is 181 Å². The van der Waals surface area contributed by atoms with Crippen molar-refractivity contribution in [1.82, 2.24) is 36.5 Å². The van der Waals surface area contributed by atoms with Crippen LogP contribution in [-0.2, 0) is 28.2 Å². The zero-order valence-corrected chi connectivity index (χ0v) is 77.8. The molecule has 28 rings (SSSR count). The van der Waals surface area contributed by atoms with Gasteiger partial charge in [0.05, 0.1) is 44.1 Å². The first kappa shape index (κ1) is 85.6. The van der Waals surface area contributed by atoms with Crippen LogP contribution in [0.1, 0.15) is 22.3 Å². The molecule has 0 bridgehead atoms. The number of aromatic nitrogens is 8. The Balaban J connectivity index is 0.0000000934. The van der Waals surface area contributed by atoms with E-state index in [4.69, 9.17) is 0 Å². The van der Waals surface area contributed by atoms with Crippen molar-refractivity contribution in [3.63, 3.8) is 0 Å². The van der Waals surface area contributed by atoms with Crippen LogP contribution >= 0.6 is 0 Å². The van der Waals surface area contributed by atoms with Crippen molar-refractivity contribution < 1.29 is 0 Å². The van der Waals surface area contributed by atoms with Gasteiger partial charge < -0.3 is 36.5 Å². The van der Waals surface area contributed by atoms with E-state index in [1.54, 1.807) is 0 Å². The van der Waals surface area contributed by atoms with E-state index in [-0.39, 0.29) is 0 Å². The highest BCUT2D eigenvalue weighted by atomic mass is 15.0. The Labute approximate surface area is 791 Å². The van der Waals surface area contributed by atoms with Gasteiger partial charge in [-0.3, -0.25) is 0 Å². The fourth-order valence-electron chi connectivity index (χ4n) is 20.4. The van der Waals surface area contributed by atoms with Crippen LogP contribution in [0.3, 0.4) is 0 Å². The maximum atomic E-state index is 2.36. The molecule has 8 heteroatoms. The summed E-state index contributed by atoms with van der Waals surface area (Å²) in [5.74, 6) is 0. The largest absolute Gasteiger partial charge is 0.344 e. The van der Waals surface area contributed by atoms with Crippen LogP contribution in [0.5, 0.6) is 0 Å². The number of fused-ring (bicyclic) bond motifs is 24. The minimum atomic E-state index is 1.21. The Bertz CT molecular complexity index is 8480. The monoisotopic (exact) mass is 1750 g/mol. The van der Waals surface area contributed by atoms with Crippen LogP contribution < -0.4 is 0 Å². The Kier molecular flexibility index (Phi) is 23.6. The molecule has 0 saturated heterocycles. The van der Waals surface area contributed by atoms with Gasteiger partial charge in [0.25, 0.3) is 0 Å². The molecule has 0 aliphatic heterocycles. The van der Waals surface area contributed by atoms with Crippen LogP contribution in [0.15, 0.2) is 485 Å². The van der Waals surface area contributed by atoms with Crippen molar-refractivity contribution >= 4 is 174 Å². The van der Waals surface area contributed by atoms with Gasteiger partial charge in [0.2, 0.25) is 0 Å². The van der Waals surface area contributed by atoms with Crippen LogP contribution in [0.4, 0.5) is 0 Å². The Morgan fingerprint density at radius 1 is 0.132 bits per heavy atom. The first-order valence-corrected chi connectivity index (χ1v) is 46.8. The van der Waals surface area contributed by atoms with E-state index in [0.717, 1.165) is 0 Å². The molecule has 8 nitrogen and oxygen atoms in total.